The van der Waals surface area contributed by atoms with Crippen LogP contribution in [-0.4, -0.2) is 22.5 Å². The molecular weight excluding hydrogens is 376 g/mol. The van der Waals surface area contributed by atoms with Gasteiger partial charge in [0.1, 0.15) is 11.3 Å². The summed E-state index contributed by atoms with van der Waals surface area (Å²) >= 11 is 0. The summed E-state index contributed by atoms with van der Waals surface area (Å²) in [5.41, 5.74) is 9.34. The maximum Gasteiger partial charge on any atom is 0.306 e. The van der Waals surface area contributed by atoms with E-state index < -0.39 is 11.5 Å². The molecule has 5 heteroatoms. The molecule has 0 bridgehead atoms. The highest BCUT2D eigenvalue weighted by Crippen LogP contribution is 2.38. The fraction of sp³-hybridized carbons (Fsp3) is 0.480. The van der Waals surface area contributed by atoms with Crippen molar-refractivity contribution >= 4 is 11.9 Å². The van der Waals surface area contributed by atoms with E-state index in [0.717, 1.165) is 42.5 Å². The molecule has 0 atom stereocenters. The van der Waals surface area contributed by atoms with Crippen LogP contribution in [0.2, 0.25) is 0 Å². The number of pyridine rings is 1. The van der Waals surface area contributed by atoms with E-state index in [1.54, 1.807) is 6.07 Å². The molecule has 0 radical (unpaired) electrons. The highest BCUT2D eigenvalue weighted by atomic mass is 16.6. The number of nitrogens with two attached hydrogens (primary N) is 1. The molecular formula is C25H32N2O3. The van der Waals surface area contributed by atoms with Crippen molar-refractivity contribution in [3.63, 3.8) is 0 Å². The Hall–Kier alpha value is -2.69. The second-order valence-electron chi connectivity index (χ2n) is 9.36. The number of nitrogens with zero attached hydrogens (tertiary/aromatic N) is 1. The molecule has 1 aromatic heterocycles. The molecule has 1 saturated carbocycles. The number of ether oxygens (including phenoxy) is 1. The summed E-state index contributed by atoms with van der Waals surface area (Å²) in [4.78, 5) is 28.0. The molecule has 2 aromatic rings. The Morgan fingerprint density at radius 1 is 1.03 bits per heavy atom. The van der Waals surface area contributed by atoms with E-state index >= 15 is 0 Å². The van der Waals surface area contributed by atoms with E-state index in [1.165, 1.54) is 5.56 Å². The average Bonchev–Trinajstić information content (AvgIpc) is 2.67. The van der Waals surface area contributed by atoms with Crippen LogP contribution in [0.4, 0.5) is 0 Å². The summed E-state index contributed by atoms with van der Waals surface area (Å²) in [5, 5.41) is 0. The van der Waals surface area contributed by atoms with Crippen molar-refractivity contribution in [2.75, 3.05) is 0 Å². The van der Waals surface area contributed by atoms with Gasteiger partial charge in [-0.05, 0) is 82.4 Å². The molecule has 0 spiro atoms. The van der Waals surface area contributed by atoms with E-state index in [0.29, 0.717) is 18.3 Å². The standard InChI is InChI=1S/C25H32N2O3/c1-16-5-14-21(24(26)29)27-23(16)20-12-10-19(11-13-20)18-8-6-17(7-9-18)15-22(28)30-25(2,3)4/h5,10-14,17-18H,6-9,15H2,1-4H3,(H2,26,29)/t17-,18-. The average molecular weight is 409 g/mol. The number of esters is 1. The van der Waals surface area contributed by atoms with E-state index in [-0.39, 0.29) is 11.7 Å². The third-order valence-corrected chi connectivity index (χ3v) is 5.73. The molecule has 1 fully saturated rings. The highest BCUT2D eigenvalue weighted by molar-refractivity contribution is 5.91. The van der Waals surface area contributed by atoms with Crippen molar-refractivity contribution in [3.05, 3.63) is 53.2 Å². The second-order valence-corrected chi connectivity index (χ2v) is 9.36. The van der Waals surface area contributed by atoms with Gasteiger partial charge in [0.05, 0.1) is 5.69 Å². The van der Waals surface area contributed by atoms with Gasteiger partial charge in [-0.15, -0.1) is 0 Å². The molecule has 0 aliphatic heterocycles. The van der Waals surface area contributed by atoms with Crippen molar-refractivity contribution in [2.45, 2.75) is 71.3 Å². The predicted molar refractivity (Wildman–Crippen MR) is 118 cm³/mol. The Bertz CT molecular complexity index is 905. The number of carbonyl (C=O) groups excluding carboxylic acids is 2. The van der Waals surface area contributed by atoms with Gasteiger partial charge in [0.25, 0.3) is 5.91 Å². The van der Waals surface area contributed by atoms with Gasteiger partial charge >= 0.3 is 5.97 Å². The Kier molecular flexibility index (Phi) is 6.59. The number of rotatable bonds is 5. The third kappa shape index (κ3) is 5.68. The maximum atomic E-state index is 12.1. The molecule has 1 aliphatic carbocycles. The van der Waals surface area contributed by atoms with Crippen LogP contribution in [0.15, 0.2) is 36.4 Å². The SMILES string of the molecule is Cc1ccc(C(N)=O)nc1-c1ccc([C@H]2CC[C@H](CC(=O)OC(C)(C)C)CC2)cc1. The summed E-state index contributed by atoms with van der Waals surface area (Å²) in [6.45, 7) is 7.71. The number of aryl methyl sites for hydroxylation is 1. The summed E-state index contributed by atoms with van der Waals surface area (Å²) in [7, 11) is 0. The molecule has 2 N–H and O–H groups in total. The van der Waals surface area contributed by atoms with E-state index in [4.69, 9.17) is 10.5 Å². The molecule has 1 aromatic carbocycles. The van der Waals surface area contributed by atoms with E-state index in [1.807, 2.05) is 33.8 Å². The molecule has 0 unspecified atom stereocenters. The number of primary amides is 1. The van der Waals surface area contributed by atoms with Crippen LogP contribution < -0.4 is 5.73 Å². The molecule has 30 heavy (non-hydrogen) atoms. The zero-order valence-corrected chi connectivity index (χ0v) is 18.4. The van der Waals surface area contributed by atoms with Crippen molar-refractivity contribution < 1.29 is 14.3 Å². The smallest absolute Gasteiger partial charge is 0.306 e. The lowest BCUT2D eigenvalue weighted by atomic mass is 9.77. The van der Waals surface area contributed by atoms with Crippen molar-refractivity contribution in [1.82, 2.24) is 4.98 Å². The summed E-state index contributed by atoms with van der Waals surface area (Å²) < 4.78 is 5.47. The van der Waals surface area contributed by atoms with Crippen LogP contribution in [0.5, 0.6) is 0 Å². The maximum absolute atomic E-state index is 12.1. The van der Waals surface area contributed by atoms with Crippen LogP contribution in [-0.2, 0) is 9.53 Å². The number of aromatic nitrogens is 1. The fourth-order valence-electron chi connectivity index (χ4n) is 4.19. The third-order valence-electron chi connectivity index (χ3n) is 5.73. The molecule has 1 heterocycles. The predicted octanol–water partition coefficient (Wildman–Crippen LogP) is 5.16. The first kappa shape index (κ1) is 22.0. The minimum absolute atomic E-state index is 0.0867. The normalized spacial score (nSPS) is 19.3. The lowest BCUT2D eigenvalue weighted by Gasteiger charge is -2.29. The van der Waals surface area contributed by atoms with Gasteiger partial charge in [0, 0.05) is 12.0 Å². The van der Waals surface area contributed by atoms with Gasteiger partial charge in [0.15, 0.2) is 0 Å². The van der Waals surface area contributed by atoms with Crippen LogP contribution in [0.25, 0.3) is 11.3 Å². The van der Waals surface area contributed by atoms with Crippen LogP contribution in [0.3, 0.4) is 0 Å². The first-order valence-electron chi connectivity index (χ1n) is 10.7. The Balaban J connectivity index is 1.61. The number of amides is 1. The van der Waals surface area contributed by atoms with Gasteiger partial charge < -0.3 is 10.5 Å². The van der Waals surface area contributed by atoms with Crippen molar-refractivity contribution in [3.8, 4) is 11.3 Å². The van der Waals surface area contributed by atoms with E-state index in [2.05, 4.69) is 29.2 Å². The largest absolute Gasteiger partial charge is 0.460 e. The highest BCUT2D eigenvalue weighted by Gasteiger charge is 2.26. The number of benzene rings is 1. The second kappa shape index (κ2) is 8.99. The van der Waals surface area contributed by atoms with E-state index in [9.17, 15) is 9.59 Å². The van der Waals surface area contributed by atoms with Gasteiger partial charge in [-0.3, -0.25) is 9.59 Å². The lowest BCUT2D eigenvalue weighted by Crippen LogP contribution is -2.26. The zero-order chi connectivity index (χ0) is 21.9. The van der Waals surface area contributed by atoms with Gasteiger partial charge in [-0.25, -0.2) is 4.98 Å². The molecule has 1 amide bonds. The van der Waals surface area contributed by atoms with Crippen LogP contribution in [0.1, 0.15) is 80.4 Å². The quantitative estimate of drug-likeness (QED) is 0.693. The van der Waals surface area contributed by atoms with Crippen molar-refractivity contribution in [1.29, 1.82) is 0 Å². The molecule has 1 aliphatic rings. The molecule has 5 nitrogen and oxygen atoms in total. The number of carbonyl (C=O) groups is 2. The Morgan fingerprint density at radius 2 is 1.67 bits per heavy atom. The minimum Gasteiger partial charge on any atom is -0.460 e. The lowest BCUT2D eigenvalue weighted by molar-refractivity contribution is -0.156. The minimum atomic E-state index is -0.518. The summed E-state index contributed by atoms with van der Waals surface area (Å²) in [6, 6.07) is 12.0. The molecule has 0 saturated heterocycles. The first-order valence-corrected chi connectivity index (χ1v) is 10.7. The Labute approximate surface area is 179 Å². The van der Waals surface area contributed by atoms with Gasteiger partial charge in [-0.1, -0.05) is 30.3 Å². The monoisotopic (exact) mass is 408 g/mol. The fourth-order valence-corrected chi connectivity index (χ4v) is 4.19. The van der Waals surface area contributed by atoms with Crippen molar-refractivity contribution in [2.24, 2.45) is 11.7 Å². The summed E-state index contributed by atoms with van der Waals surface area (Å²) in [5.74, 6) is 0.325. The Morgan fingerprint density at radius 3 is 2.23 bits per heavy atom. The topological polar surface area (TPSA) is 82.3 Å². The zero-order valence-electron chi connectivity index (χ0n) is 18.4. The summed E-state index contributed by atoms with van der Waals surface area (Å²) in [6.07, 6.45) is 4.78. The molecule has 160 valence electrons. The van der Waals surface area contributed by atoms with Crippen LogP contribution >= 0.6 is 0 Å². The number of hydrogen-bond donors (Lipinski definition) is 1. The molecule has 3 rings (SSSR count). The number of hydrogen-bond acceptors (Lipinski definition) is 4. The van der Waals surface area contributed by atoms with Gasteiger partial charge in [0.2, 0.25) is 0 Å². The first-order chi connectivity index (χ1) is 14.1. The van der Waals surface area contributed by atoms with Gasteiger partial charge in [-0.2, -0.15) is 0 Å². The van der Waals surface area contributed by atoms with Crippen LogP contribution in [0, 0.1) is 12.8 Å².